The van der Waals surface area contributed by atoms with Crippen LogP contribution in [0.25, 0.3) is 0 Å². The average molecular weight is 440 g/mol. The lowest BCUT2D eigenvalue weighted by Gasteiger charge is -2.13. The molecule has 0 unspecified atom stereocenters. The molecule has 22 heavy (non-hydrogen) atoms. The van der Waals surface area contributed by atoms with Crippen LogP contribution in [-0.4, -0.2) is 5.97 Å². The maximum atomic E-state index is 13.9. The van der Waals surface area contributed by atoms with Crippen molar-refractivity contribution < 1.29 is 18.3 Å². The third-order valence-electron chi connectivity index (χ3n) is 5.19. The van der Waals surface area contributed by atoms with Crippen LogP contribution in [0.4, 0.5) is 8.78 Å². The zero-order chi connectivity index (χ0) is 17.0. The van der Waals surface area contributed by atoms with Gasteiger partial charge in [0.1, 0.15) is 18.2 Å². The normalized spacial score (nSPS) is 19.1. The van der Waals surface area contributed by atoms with Crippen LogP contribution in [0.5, 0.6) is 0 Å². The molecule has 122 valence electrons. The van der Waals surface area contributed by atoms with Crippen LogP contribution in [-0.2, 0) is 16.1 Å². The van der Waals surface area contributed by atoms with Gasteiger partial charge in [0.05, 0.1) is 14.9 Å². The van der Waals surface area contributed by atoms with Crippen molar-refractivity contribution in [3.8, 4) is 0 Å². The number of halogens is 4. The van der Waals surface area contributed by atoms with Gasteiger partial charge in [0.2, 0.25) is 0 Å². The zero-order valence-corrected chi connectivity index (χ0v) is 16.3. The first-order valence-corrected chi connectivity index (χ1v) is 8.51. The lowest BCUT2D eigenvalue weighted by molar-refractivity contribution is -0.148. The Labute approximate surface area is 145 Å². The SMILES string of the molecule is Cc1c(F)c(Br)c(COC(=O)C2C(C)(C)C2(C)C)c(Br)c1F. The fourth-order valence-electron chi connectivity index (χ4n) is 2.93. The first kappa shape index (κ1) is 17.9. The second-order valence-electron chi connectivity index (χ2n) is 6.84. The molecule has 1 aromatic carbocycles. The van der Waals surface area contributed by atoms with E-state index in [0.29, 0.717) is 0 Å². The number of rotatable bonds is 3. The average Bonchev–Trinajstić information content (AvgIpc) is 2.84. The van der Waals surface area contributed by atoms with Gasteiger partial charge in [-0.1, -0.05) is 27.7 Å². The van der Waals surface area contributed by atoms with Gasteiger partial charge in [-0.25, -0.2) is 8.78 Å². The third kappa shape index (κ3) is 2.52. The maximum absolute atomic E-state index is 13.9. The molecule has 1 aromatic rings. The summed E-state index contributed by atoms with van der Waals surface area (Å²) >= 11 is 6.20. The monoisotopic (exact) mass is 438 g/mol. The van der Waals surface area contributed by atoms with Crippen molar-refractivity contribution in [2.24, 2.45) is 16.7 Å². The topological polar surface area (TPSA) is 26.3 Å². The Kier molecular flexibility index (Phi) is 4.50. The fraction of sp³-hybridized carbons (Fsp3) is 0.562. The van der Waals surface area contributed by atoms with Crippen molar-refractivity contribution in [1.82, 2.24) is 0 Å². The van der Waals surface area contributed by atoms with E-state index in [4.69, 9.17) is 4.74 Å². The molecular weight excluding hydrogens is 422 g/mol. The summed E-state index contributed by atoms with van der Waals surface area (Å²) in [5, 5.41) is 0. The summed E-state index contributed by atoms with van der Waals surface area (Å²) < 4.78 is 33.4. The van der Waals surface area contributed by atoms with Crippen molar-refractivity contribution in [3.63, 3.8) is 0 Å². The molecule has 0 bridgehead atoms. The Morgan fingerprint density at radius 3 is 1.86 bits per heavy atom. The van der Waals surface area contributed by atoms with E-state index in [9.17, 15) is 13.6 Å². The Bertz CT molecular complexity index is 611. The Morgan fingerprint density at radius 1 is 1.09 bits per heavy atom. The molecule has 2 rings (SSSR count). The minimum Gasteiger partial charge on any atom is -0.460 e. The minimum atomic E-state index is -0.682. The molecule has 0 aromatic heterocycles. The van der Waals surface area contributed by atoms with Gasteiger partial charge in [0.25, 0.3) is 0 Å². The molecular formula is C16H18Br2F2O2. The van der Waals surface area contributed by atoms with Crippen LogP contribution >= 0.6 is 31.9 Å². The summed E-state index contributed by atoms with van der Waals surface area (Å²) in [6, 6.07) is 0. The van der Waals surface area contributed by atoms with Crippen molar-refractivity contribution in [2.75, 3.05) is 0 Å². The van der Waals surface area contributed by atoms with Crippen LogP contribution in [0.2, 0.25) is 0 Å². The predicted octanol–water partition coefficient (Wildman–Crippen LogP) is 5.52. The molecule has 0 radical (unpaired) electrons. The van der Waals surface area contributed by atoms with Crippen molar-refractivity contribution in [3.05, 3.63) is 31.7 Å². The number of hydrogen-bond donors (Lipinski definition) is 0. The van der Waals surface area contributed by atoms with E-state index in [1.807, 2.05) is 27.7 Å². The highest BCUT2D eigenvalue weighted by Crippen LogP contribution is 2.68. The highest BCUT2D eigenvalue weighted by atomic mass is 79.9. The Balaban J connectivity index is 2.19. The summed E-state index contributed by atoms with van der Waals surface area (Å²) in [6.07, 6.45) is 0. The first-order chi connectivity index (χ1) is 9.94. The molecule has 0 atom stereocenters. The van der Waals surface area contributed by atoms with E-state index in [1.54, 1.807) is 0 Å². The van der Waals surface area contributed by atoms with Crippen LogP contribution in [0, 0.1) is 35.3 Å². The van der Waals surface area contributed by atoms with Gasteiger partial charge in [0, 0.05) is 11.1 Å². The summed E-state index contributed by atoms with van der Waals surface area (Å²) in [5.74, 6) is -1.91. The van der Waals surface area contributed by atoms with E-state index in [2.05, 4.69) is 31.9 Å². The molecule has 6 heteroatoms. The highest BCUT2D eigenvalue weighted by molar-refractivity contribution is 9.11. The lowest BCUT2D eigenvalue weighted by Crippen LogP contribution is -2.12. The van der Waals surface area contributed by atoms with Gasteiger partial charge in [-0.3, -0.25) is 4.79 Å². The molecule has 0 N–H and O–H groups in total. The van der Waals surface area contributed by atoms with Crippen LogP contribution in [0.15, 0.2) is 8.95 Å². The molecule has 0 heterocycles. The van der Waals surface area contributed by atoms with E-state index in [-0.39, 0.29) is 49.4 Å². The maximum Gasteiger partial charge on any atom is 0.310 e. The number of carbonyl (C=O) groups is 1. The molecule has 1 aliphatic rings. The molecule has 1 fully saturated rings. The number of carbonyl (C=O) groups excluding carboxylic acids is 1. The quantitative estimate of drug-likeness (QED) is 0.457. The standard InChI is InChI=1S/C16H18Br2F2O2/c1-7-11(19)9(17)8(10(18)12(7)20)6-22-14(21)13-15(2,3)16(13,4)5/h13H,6H2,1-5H3. The molecule has 0 amide bonds. The van der Waals surface area contributed by atoms with E-state index < -0.39 is 11.6 Å². The summed E-state index contributed by atoms with van der Waals surface area (Å²) in [5.41, 5.74) is -0.103. The Hall–Kier alpha value is -0.490. The van der Waals surface area contributed by atoms with Gasteiger partial charge < -0.3 is 4.74 Å². The number of hydrogen-bond acceptors (Lipinski definition) is 2. The molecule has 1 aliphatic carbocycles. The van der Waals surface area contributed by atoms with Gasteiger partial charge >= 0.3 is 5.97 Å². The second kappa shape index (κ2) is 5.55. The van der Waals surface area contributed by atoms with Crippen molar-refractivity contribution >= 4 is 37.8 Å². The Morgan fingerprint density at radius 2 is 1.50 bits per heavy atom. The molecule has 0 spiro atoms. The van der Waals surface area contributed by atoms with Crippen LogP contribution in [0.1, 0.15) is 38.8 Å². The van der Waals surface area contributed by atoms with Crippen molar-refractivity contribution in [1.29, 1.82) is 0 Å². The summed E-state index contributed by atoms with van der Waals surface area (Å²) in [4.78, 5) is 12.2. The summed E-state index contributed by atoms with van der Waals surface area (Å²) in [6.45, 7) is 9.21. The van der Waals surface area contributed by atoms with Crippen LogP contribution in [0.3, 0.4) is 0 Å². The van der Waals surface area contributed by atoms with E-state index in [0.717, 1.165) is 0 Å². The predicted molar refractivity (Wildman–Crippen MR) is 87.3 cm³/mol. The zero-order valence-electron chi connectivity index (χ0n) is 13.1. The fourth-order valence-corrected chi connectivity index (χ4v) is 4.41. The minimum absolute atomic E-state index is 0.0849. The van der Waals surface area contributed by atoms with Gasteiger partial charge in [-0.05, 0) is 49.6 Å². The smallest absolute Gasteiger partial charge is 0.310 e. The highest BCUT2D eigenvalue weighted by Gasteiger charge is 2.69. The summed E-state index contributed by atoms with van der Waals surface area (Å²) in [7, 11) is 0. The molecule has 2 nitrogen and oxygen atoms in total. The second-order valence-corrected chi connectivity index (χ2v) is 8.43. The van der Waals surface area contributed by atoms with Gasteiger partial charge in [-0.15, -0.1) is 0 Å². The number of ether oxygens (including phenoxy) is 1. The third-order valence-corrected chi connectivity index (χ3v) is 6.84. The van der Waals surface area contributed by atoms with E-state index in [1.165, 1.54) is 6.92 Å². The van der Waals surface area contributed by atoms with Crippen molar-refractivity contribution in [2.45, 2.75) is 41.2 Å². The molecule has 1 saturated carbocycles. The van der Waals surface area contributed by atoms with Gasteiger partial charge in [0.15, 0.2) is 0 Å². The van der Waals surface area contributed by atoms with E-state index >= 15 is 0 Å². The molecule has 0 aliphatic heterocycles. The largest absolute Gasteiger partial charge is 0.460 e. The number of esters is 1. The van der Waals surface area contributed by atoms with Crippen LogP contribution < -0.4 is 0 Å². The first-order valence-electron chi connectivity index (χ1n) is 6.92. The number of benzene rings is 1. The molecule has 0 saturated heterocycles. The van der Waals surface area contributed by atoms with Gasteiger partial charge in [-0.2, -0.15) is 0 Å². The lowest BCUT2D eigenvalue weighted by atomic mass is 10.0.